The standard InChI is InChI=1S/C21H34ClN3O3/c1-3-23-21(24-11-6-12-27-16-18-9-13-26-14-10-18)25-15-17(2)28-20-8-5-4-7-19(20)22/h4-5,7-8,17-18H,3,6,9-16H2,1-2H3,(H2,23,24,25). The maximum Gasteiger partial charge on any atom is 0.191 e. The second kappa shape index (κ2) is 13.6. The molecule has 6 nitrogen and oxygen atoms in total. The molecule has 0 amide bonds. The fourth-order valence-corrected chi connectivity index (χ4v) is 3.08. The Bertz CT molecular complexity index is 580. The van der Waals surface area contributed by atoms with Crippen molar-refractivity contribution in [2.24, 2.45) is 10.9 Å². The molecular weight excluding hydrogens is 378 g/mol. The Morgan fingerprint density at radius 1 is 1.29 bits per heavy atom. The van der Waals surface area contributed by atoms with Gasteiger partial charge in [-0.05, 0) is 51.2 Å². The number of halogens is 1. The Hall–Kier alpha value is -1.50. The molecule has 158 valence electrons. The third-order valence-corrected chi connectivity index (χ3v) is 4.78. The van der Waals surface area contributed by atoms with Gasteiger partial charge in [0.15, 0.2) is 5.96 Å². The molecule has 1 aromatic carbocycles. The predicted molar refractivity (Wildman–Crippen MR) is 115 cm³/mol. The molecule has 1 aliphatic rings. The molecule has 0 spiro atoms. The van der Waals surface area contributed by atoms with Crippen LogP contribution in [-0.2, 0) is 9.47 Å². The monoisotopic (exact) mass is 411 g/mol. The quantitative estimate of drug-likeness (QED) is 0.331. The molecule has 0 aliphatic carbocycles. The minimum Gasteiger partial charge on any atom is -0.487 e. The first-order valence-corrected chi connectivity index (χ1v) is 10.7. The number of hydrogen-bond acceptors (Lipinski definition) is 4. The summed E-state index contributed by atoms with van der Waals surface area (Å²) in [5.74, 6) is 2.13. The predicted octanol–water partition coefficient (Wildman–Crippen LogP) is 3.50. The fourth-order valence-electron chi connectivity index (χ4n) is 2.90. The van der Waals surface area contributed by atoms with E-state index in [1.165, 1.54) is 0 Å². The van der Waals surface area contributed by atoms with Gasteiger partial charge in [-0.2, -0.15) is 0 Å². The summed E-state index contributed by atoms with van der Waals surface area (Å²) >= 11 is 6.14. The Morgan fingerprint density at radius 3 is 2.82 bits per heavy atom. The number of nitrogens with zero attached hydrogens (tertiary/aromatic N) is 1. The summed E-state index contributed by atoms with van der Waals surface area (Å²) in [7, 11) is 0. The maximum atomic E-state index is 6.14. The summed E-state index contributed by atoms with van der Waals surface area (Å²) in [5, 5.41) is 7.22. The van der Waals surface area contributed by atoms with Crippen LogP contribution in [0.15, 0.2) is 29.3 Å². The molecule has 1 aromatic rings. The van der Waals surface area contributed by atoms with Gasteiger partial charge in [-0.15, -0.1) is 0 Å². The molecular formula is C21H34ClN3O3. The van der Waals surface area contributed by atoms with Crippen LogP contribution in [0.4, 0.5) is 0 Å². The van der Waals surface area contributed by atoms with Crippen molar-refractivity contribution in [1.82, 2.24) is 10.6 Å². The van der Waals surface area contributed by atoms with Gasteiger partial charge in [0, 0.05) is 39.5 Å². The van der Waals surface area contributed by atoms with Gasteiger partial charge in [0.2, 0.25) is 0 Å². The van der Waals surface area contributed by atoms with Crippen LogP contribution in [0.5, 0.6) is 5.75 Å². The lowest BCUT2D eigenvalue weighted by Crippen LogP contribution is -2.38. The van der Waals surface area contributed by atoms with Crippen molar-refractivity contribution in [2.75, 3.05) is 46.1 Å². The number of rotatable bonds is 11. The molecule has 7 heteroatoms. The van der Waals surface area contributed by atoms with Crippen LogP contribution >= 0.6 is 11.6 Å². The van der Waals surface area contributed by atoms with E-state index in [1.807, 2.05) is 31.2 Å². The molecule has 1 aliphatic heterocycles. The molecule has 1 heterocycles. The molecule has 0 aromatic heterocycles. The second-order valence-electron chi connectivity index (χ2n) is 6.99. The highest BCUT2D eigenvalue weighted by molar-refractivity contribution is 6.32. The number of hydrogen-bond donors (Lipinski definition) is 2. The minimum atomic E-state index is -0.0711. The molecule has 0 radical (unpaired) electrons. The van der Waals surface area contributed by atoms with Gasteiger partial charge in [0.05, 0.1) is 11.6 Å². The molecule has 0 saturated carbocycles. The van der Waals surface area contributed by atoms with Crippen molar-refractivity contribution in [3.05, 3.63) is 29.3 Å². The zero-order valence-electron chi connectivity index (χ0n) is 17.1. The number of guanidine groups is 1. The van der Waals surface area contributed by atoms with E-state index in [0.29, 0.717) is 23.2 Å². The van der Waals surface area contributed by atoms with E-state index >= 15 is 0 Å². The van der Waals surface area contributed by atoms with Crippen LogP contribution in [-0.4, -0.2) is 58.1 Å². The van der Waals surface area contributed by atoms with E-state index in [9.17, 15) is 0 Å². The zero-order chi connectivity index (χ0) is 20.0. The summed E-state index contributed by atoms with van der Waals surface area (Å²) in [6.45, 7) is 9.56. The van der Waals surface area contributed by atoms with E-state index in [2.05, 4.69) is 22.5 Å². The number of aliphatic imine (C=N–C) groups is 1. The van der Waals surface area contributed by atoms with Crippen molar-refractivity contribution in [3.63, 3.8) is 0 Å². The Morgan fingerprint density at radius 2 is 2.07 bits per heavy atom. The van der Waals surface area contributed by atoms with Gasteiger partial charge in [-0.25, -0.2) is 4.99 Å². The average Bonchev–Trinajstić information content (AvgIpc) is 2.71. The normalized spacial score (nSPS) is 16.6. The molecule has 1 saturated heterocycles. The summed E-state index contributed by atoms with van der Waals surface area (Å²) in [6, 6.07) is 7.49. The third kappa shape index (κ3) is 9.13. The lowest BCUT2D eigenvalue weighted by molar-refractivity contribution is 0.0203. The third-order valence-electron chi connectivity index (χ3n) is 4.47. The van der Waals surface area contributed by atoms with Crippen LogP contribution < -0.4 is 15.4 Å². The van der Waals surface area contributed by atoms with Crippen molar-refractivity contribution in [2.45, 2.75) is 39.2 Å². The highest BCUT2D eigenvalue weighted by Crippen LogP contribution is 2.24. The molecule has 1 unspecified atom stereocenters. The first-order valence-electron chi connectivity index (χ1n) is 10.3. The van der Waals surface area contributed by atoms with Gasteiger partial charge in [-0.1, -0.05) is 23.7 Å². The van der Waals surface area contributed by atoms with Crippen LogP contribution in [0.1, 0.15) is 33.1 Å². The number of benzene rings is 1. The molecule has 1 atom stereocenters. The van der Waals surface area contributed by atoms with Crippen molar-refractivity contribution in [1.29, 1.82) is 0 Å². The van der Waals surface area contributed by atoms with Gasteiger partial charge in [0.1, 0.15) is 11.9 Å². The highest BCUT2D eigenvalue weighted by Gasteiger charge is 2.13. The van der Waals surface area contributed by atoms with Gasteiger partial charge >= 0.3 is 0 Å². The summed E-state index contributed by atoms with van der Waals surface area (Å²) < 4.78 is 17.0. The SMILES string of the molecule is CCNC(=NCC(C)Oc1ccccc1Cl)NCCCOCC1CCOCC1. The maximum absolute atomic E-state index is 6.14. The lowest BCUT2D eigenvalue weighted by atomic mass is 10.0. The van der Waals surface area contributed by atoms with E-state index < -0.39 is 0 Å². The van der Waals surface area contributed by atoms with Gasteiger partial charge < -0.3 is 24.8 Å². The number of nitrogens with one attached hydrogen (secondary N) is 2. The molecule has 2 rings (SSSR count). The molecule has 2 N–H and O–H groups in total. The first kappa shape index (κ1) is 22.8. The minimum absolute atomic E-state index is 0.0711. The summed E-state index contributed by atoms with van der Waals surface area (Å²) in [6.07, 6.45) is 3.10. The topological polar surface area (TPSA) is 64.1 Å². The van der Waals surface area contributed by atoms with Crippen molar-refractivity contribution in [3.8, 4) is 5.75 Å². The Kier molecular flexibility index (Phi) is 11.1. The van der Waals surface area contributed by atoms with E-state index in [0.717, 1.165) is 64.7 Å². The number of para-hydroxylation sites is 1. The van der Waals surface area contributed by atoms with Crippen LogP contribution in [0.2, 0.25) is 5.02 Å². The lowest BCUT2D eigenvalue weighted by Gasteiger charge is -2.21. The van der Waals surface area contributed by atoms with Gasteiger partial charge in [-0.3, -0.25) is 0 Å². The van der Waals surface area contributed by atoms with Crippen LogP contribution in [0, 0.1) is 5.92 Å². The fraction of sp³-hybridized carbons (Fsp3) is 0.667. The average molecular weight is 412 g/mol. The molecule has 0 bridgehead atoms. The van der Waals surface area contributed by atoms with Crippen LogP contribution in [0.3, 0.4) is 0 Å². The van der Waals surface area contributed by atoms with Gasteiger partial charge in [0.25, 0.3) is 0 Å². The Balaban J connectivity index is 1.63. The summed E-state index contributed by atoms with van der Waals surface area (Å²) in [5.41, 5.74) is 0. The van der Waals surface area contributed by atoms with E-state index in [4.69, 9.17) is 25.8 Å². The number of ether oxygens (including phenoxy) is 3. The molecule has 1 fully saturated rings. The van der Waals surface area contributed by atoms with Crippen LogP contribution in [0.25, 0.3) is 0 Å². The van der Waals surface area contributed by atoms with Crippen molar-refractivity contribution >= 4 is 17.6 Å². The van der Waals surface area contributed by atoms with E-state index in [-0.39, 0.29) is 6.10 Å². The smallest absolute Gasteiger partial charge is 0.191 e. The van der Waals surface area contributed by atoms with Crippen molar-refractivity contribution < 1.29 is 14.2 Å². The Labute approximate surface area is 174 Å². The highest BCUT2D eigenvalue weighted by atomic mass is 35.5. The largest absolute Gasteiger partial charge is 0.487 e. The molecule has 28 heavy (non-hydrogen) atoms. The second-order valence-corrected chi connectivity index (χ2v) is 7.40. The zero-order valence-corrected chi connectivity index (χ0v) is 17.8. The summed E-state index contributed by atoms with van der Waals surface area (Å²) in [4.78, 5) is 4.60. The van der Waals surface area contributed by atoms with E-state index in [1.54, 1.807) is 0 Å². The first-order chi connectivity index (χ1) is 13.7.